The van der Waals surface area contributed by atoms with Crippen molar-refractivity contribution in [2.45, 2.75) is 37.1 Å². The molecule has 3 amide bonds. The van der Waals surface area contributed by atoms with Crippen LogP contribution in [0.5, 0.6) is 17.2 Å². The van der Waals surface area contributed by atoms with Gasteiger partial charge in [0.1, 0.15) is 17.8 Å². The molecular weight excluding hydrogens is 460 g/mol. The number of aliphatic carboxylic acids is 1. The van der Waals surface area contributed by atoms with Crippen LogP contribution in [0, 0.1) is 0 Å². The highest BCUT2D eigenvalue weighted by Gasteiger charge is 2.35. The van der Waals surface area contributed by atoms with Crippen LogP contribution in [0.2, 0.25) is 0 Å². The van der Waals surface area contributed by atoms with Gasteiger partial charge in [0.15, 0.2) is 17.6 Å². The van der Waals surface area contributed by atoms with E-state index in [2.05, 4.69) is 10.6 Å². The summed E-state index contributed by atoms with van der Waals surface area (Å²) in [4.78, 5) is 48.9. The smallest absolute Gasteiger partial charge is 0.326 e. The predicted octanol–water partition coefficient (Wildman–Crippen LogP) is -1.19. The second kappa shape index (κ2) is 10.8. The summed E-state index contributed by atoms with van der Waals surface area (Å²) < 4.78 is 11.3. The first-order valence-electron chi connectivity index (χ1n) is 10.6. The molecule has 2 aromatic carbocycles. The number of aliphatic hydroxyl groups excluding tert-OH is 1. The summed E-state index contributed by atoms with van der Waals surface area (Å²) in [5, 5.41) is 24.2. The molecule has 0 saturated carbocycles. The molecule has 0 saturated heterocycles. The standard InChI is InChI=1S/C23H26N4O8/c1-34-16-6-5-12-8-14(24)21(30)27-18(19(28)20(25)29)22(31)26-15(23(32)33)9-11-3-2-4-13(7-11)35-17(16)10-12/h2-7,10,14-15,18-19,28H,8-9,24H2,1H3,(H2,25,29)(H,26,31)(H,27,30)(H,32,33). The highest BCUT2D eigenvalue weighted by molar-refractivity contribution is 5.96. The number of amides is 3. The van der Waals surface area contributed by atoms with Crippen LogP contribution in [0.4, 0.5) is 0 Å². The second-order valence-electron chi connectivity index (χ2n) is 7.98. The van der Waals surface area contributed by atoms with Crippen LogP contribution in [0.1, 0.15) is 11.1 Å². The summed E-state index contributed by atoms with van der Waals surface area (Å²) >= 11 is 0. The van der Waals surface area contributed by atoms with Crippen molar-refractivity contribution in [1.29, 1.82) is 0 Å². The lowest BCUT2D eigenvalue weighted by atomic mass is 10.0. The average Bonchev–Trinajstić information content (AvgIpc) is 2.81. The van der Waals surface area contributed by atoms with E-state index < -0.39 is 47.9 Å². The molecule has 0 fully saturated rings. The lowest BCUT2D eigenvalue weighted by Gasteiger charge is -2.25. The summed E-state index contributed by atoms with van der Waals surface area (Å²) in [5.74, 6) is -3.51. The Morgan fingerprint density at radius 3 is 2.46 bits per heavy atom. The predicted molar refractivity (Wildman–Crippen MR) is 122 cm³/mol. The largest absolute Gasteiger partial charge is 0.493 e. The molecule has 4 bridgehead atoms. The molecule has 12 heteroatoms. The van der Waals surface area contributed by atoms with Gasteiger partial charge >= 0.3 is 5.97 Å². The fraction of sp³-hybridized carbons (Fsp3) is 0.304. The van der Waals surface area contributed by atoms with E-state index in [1.165, 1.54) is 7.11 Å². The first kappa shape index (κ1) is 25.5. The van der Waals surface area contributed by atoms with Gasteiger partial charge in [-0.15, -0.1) is 0 Å². The Bertz CT molecular complexity index is 1140. The van der Waals surface area contributed by atoms with Crippen LogP contribution in [0.3, 0.4) is 0 Å². The molecule has 0 spiro atoms. The molecule has 12 nitrogen and oxygen atoms in total. The van der Waals surface area contributed by atoms with Crippen LogP contribution in [0.15, 0.2) is 42.5 Å². The molecule has 35 heavy (non-hydrogen) atoms. The Balaban J connectivity index is 2.06. The van der Waals surface area contributed by atoms with Gasteiger partial charge in [-0.05, 0) is 41.8 Å². The number of carboxylic acids is 1. The number of carbonyl (C=O) groups excluding carboxylic acids is 3. The Morgan fingerprint density at radius 2 is 1.80 bits per heavy atom. The van der Waals surface area contributed by atoms with Gasteiger partial charge in [0.2, 0.25) is 17.7 Å². The van der Waals surface area contributed by atoms with Crippen molar-refractivity contribution in [3.63, 3.8) is 0 Å². The molecule has 1 heterocycles. The first-order valence-corrected chi connectivity index (χ1v) is 10.6. The minimum atomic E-state index is -2.12. The van der Waals surface area contributed by atoms with Crippen LogP contribution in [-0.4, -0.2) is 65.2 Å². The molecule has 2 aromatic rings. The van der Waals surface area contributed by atoms with Gasteiger partial charge in [-0.3, -0.25) is 14.4 Å². The van der Waals surface area contributed by atoms with E-state index in [1.54, 1.807) is 42.5 Å². The van der Waals surface area contributed by atoms with E-state index in [1.807, 2.05) is 0 Å². The van der Waals surface area contributed by atoms with Crippen molar-refractivity contribution < 1.29 is 38.9 Å². The van der Waals surface area contributed by atoms with Crippen molar-refractivity contribution in [2.24, 2.45) is 11.5 Å². The number of ether oxygens (including phenoxy) is 2. The molecule has 4 unspecified atom stereocenters. The topological polar surface area (TPSA) is 203 Å². The fourth-order valence-electron chi connectivity index (χ4n) is 3.55. The van der Waals surface area contributed by atoms with Crippen LogP contribution in [-0.2, 0) is 32.0 Å². The molecule has 186 valence electrons. The van der Waals surface area contributed by atoms with Gasteiger partial charge in [0.05, 0.1) is 13.2 Å². The number of methoxy groups -OCH3 is 1. The highest BCUT2D eigenvalue weighted by atomic mass is 16.5. The van der Waals surface area contributed by atoms with Gasteiger partial charge in [0.25, 0.3) is 0 Å². The number of hydrogen-bond donors (Lipinski definition) is 6. The fourth-order valence-corrected chi connectivity index (χ4v) is 3.55. The van der Waals surface area contributed by atoms with Crippen LogP contribution < -0.4 is 31.6 Å². The number of primary amides is 1. The monoisotopic (exact) mass is 486 g/mol. The Kier molecular flexibility index (Phi) is 7.89. The van der Waals surface area contributed by atoms with Crippen molar-refractivity contribution in [2.75, 3.05) is 7.11 Å². The zero-order valence-electron chi connectivity index (χ0n) is 18.8. The summed E-state index contributed by atoms with van der Waals surface area (Å²) in [6.45, 7) is 0. The van der Waals surface area contributed by atoms with Crippen molar-refractivity contribution in [3.05, 3.63) is 53.6 Å². The highest BCUT2D eigenvalue weighted by Crippen LogP contribution is 2.33. The number of nitrogens with two attached hydrogens (primary N) is 2. The van der Waals surface area contributed by atoms with E-state index in [-0.39, 0.29) is 12.8 Å². The Labute approximate surface area is 200 Å². The maximum absolute atomic E-state index is 12.8. The van der Waals surface area contributed by atoms with Crippen molar-refractivity contribution >= 4 is 23.7 Å². The summed E-state index contributed by atoms with van der Waals surface area (Å²) in [6, 6.07) is 6.98. The van der Waals surface area contributed by atoms with Gasteiger partial charge in [0, 0.05) is 6.42 Å². The van der Waals surface area contributed by atoms with Crippen LogP contribution in [0.25, 0.3) is 0 Å². The number of carbonyl (C=O) groups is 4. The van der Waals surface area contributed by atoms with E-state index in [0.29, 0.717) is 28.4 Å². The van der Waals surface area contributed by atoms with Gasteiger partial charge in [-0.2, -0.15) is 0 Å². The Morgan fingerprint density at radius 1 is 1.09 bits per heavy atom. The van der Waals surface area contributed by atoms with E-state index >= 15 is 0 Å². The molecule has 1 aliphatic rings. The lowest BCUT2D eigenvalue weighted by Crippen LogP contribution is -2.61. The zero-order valence-corrected chi connectivity index (χ0v) is 18.8. The first-order chi connectivity index (χ1) is 16.6. The van der Waals surface area contributed by atoms with E-state index in [0.717, 1.165) is 0 Å². The molecule has 3 rings (SSSR count). The van der Waals surface area contributed by atoms with Crippen LogP contribution >= 0.6 is 0 Å². The maximum atomic E-state index is 12.8. The summed E-state index contributed by atoms with van der Waals surface area (Å²) in [6.07, 6.45) is -2.28. The molecule has 8 N–H and O–H groups in total. The van der Waals surface area contributed by atoms with Crippen molar-refractivity contribution in [3.8, 4) is 17.2 Å². The molecule has 0 aliphatic carbocycles. The average molecular weight is 486 g/mol. The lowest BCUT2D eigenvalue weighted by molar-refractivity contribution is -0.144. The third kappa shape index (κ3) is 6.25. The SMILES string of the molecule is COc1ccc2cc1Oc1cccc(c1)CC(C(=O)O)NC(=O)C(C(O)C(N)=O)NC(=O)C(N)C2. The minimum Gasteiger partial charge on any atom is -0.493 e. The number of hydrogen-bond acceptors (Lipinski definition) is 8. The number of nitrogens with one attached hydrogen (secondary N) is 2. The third-order valence-corrected chi connectivity index (χ3v) is 5.39. The van der Waals surface area contributed by atoms with Gasteiger partial charge in [-0.1, -0.05) is 18.2 Å². The normalized spacial score (nSPS) is 21.6. The number of carboxylic acid groups (broad SMARTS) is 1. The molecule has 0 aromatic heterocycles. The number of benzene rings is 2. The van der Waals surface area contributed by atoms with Gasteiger partial charge in [-0.25, -0.2) is 4.79 Å². The molecule has 0 radical (unpaired) electrons. The van der Waals surface area contributed by atoms with E-state index in [9.17, 15) is 29.4 Å². The zero-order chi connectivity index (χ0) is 25.7. The number of fused-ring (bicyclic) bond motifs is 4. The minimum absolute atomic E-state index is 0.00494. The molecular formula is C23H26N4O8. The van der Waals surface area contributed by atoms with Gasteiger partial charge < -0.3 is 41.8 Å². The van der Waals surface area contributed by atoms with E-state index in [4.69, 9.17) is 20.9 Å². The molecule has 4 atom stereocenters. The quantitative estimate of drug-likeness (QED) is 0.307. The second-order valence-corrected chi connectivity index (χ2v) is 7.98. The third-order valence-electron chi connectivity index (χ3n) is 5.39. The summed E-state index contributed by atoms with van der Waals surface area (Å²) in [5.41, 5.74) is 12.2. The number of rotatable bonds is 4. The Hall–Kier alpha value is -4.16. The maximum Gasteiger partial charge on any atom is 0.326 e. The van der Waals surface area contributed by atoms with Crippen molar-refractivity contribution in [1.82, 2.24) is 10.6 Å². The summed E-state index contributed by atoms with van der Waals surface area (Å²) in [7, 11) is 1.47. The number of aliphatic hydroxyl groups is 1. The molecule has 1 aliphatic heterocycles.